The van der Waals surface area contributed by atoms with Crippen LogP contribution in [0.5, 0.6) is 0 Å². The minimum atomic E-state index is -0.564. The third-order valence-electron chi connectivity index (χ3n) is 3.50. The molecule has 3 amide bonds. The summed E-state index contributed by atoms with van der Waals surface area (Å²) < 4.78 is 5.39. The highest BCUT2D eigenvalue weighted by molar-refractivity contribution is 6.21. The van der Waals surface area contributed by atoms with E-state index in [0.29, 0.717) is 22.5 Å². The minimum Gasteiger partial charge on any atom is -0.454 e. The molecule has 0 unspecified atom stereocenters. The van der Waals surface area contributed by atoms with Crippen molar-refractivity contribution in [3.63, 3.8) is 0 Å². The molecular weight excluding hydrogens is 286 g/mol. The van der Waals surface area contributed by atoms with Gasteiger partial charge in [-0.05, 0) is 25.1 Å². The lowest BCUT2D eigenvalue weighted by Gasteiger charge is -2.11. The van der Waals surface area contributed by atoms with Gasteiger partial charge in [0, 0.05) is 5.56 Å². The van der Waals surface area contributed by atoms with Crippen molar-refractivity contribution in [3.8, 4) is 0 Å². The quantitative estimate of drug-likeness (QED) is 0.380. The normalized spacial score (nSPS) is 13.5. The topological polar surface area (TPSA) is 106 Å². The number of aryl methyl sites for hydroxylation is 1. The van der Waals surface area contributed by atoms with Crippen LogP contribution < -0.4 is 11.3 Å². The number of carbonyl (C=O) groups excluding carboxylic acids is 3. The fourth-order valence-corrected chi connectivity index (χ4v) is 2.46. The number of furan rings is 1. The van der Waals surface area contributed by atoms with E-state index in [9.17, 15) is 14.4 Å². The van der Waals surface area contributed by atoms with E-state index >= 15 is 0 Å². The molecule has 2 aromatic rings. The predicted molar refractivity (Wildman–Crippen MR) is 75.7 cm³/mol. The van der Waals surface area contributed by atoms with Crippen molar-refractivity contribution in [1.29, 1.82) is 0 Å². The zero-order valence-corrected chi connectivity index (χ0v) is 11.8. The molecule has 1 aliphatic heterocycles. The number of fused-ring (bicyclic) bond motifs is 1. The van der Waals surface area contributed by atoms with Gasteiger partial charge in [0.2, 0.25) is 0 Å². The second kappa shape index (κ2) is 5.12. The summed E-state index contributed by atoms with van der Waals surface area (Å²) in [6.45, 7) is 1.64. The van der Waals surface area contributed by atoms with Gasteiger partial charge < -0.3 is 4.42 Å². The maximum absolute atomic E-state index is 12.3. The molecule has 112 valence electrons. The average molecular weight is 299 g/mol. The monoisotopic (exact) mass is 299 g/mol. The Morgan fingerprint density at radius 1 is 1.23 bits per heavy atom. The number of nitrogens with two attached hydrogens (primary N) is 1. The molecule has 0 fully saturated rings. The molecule has 3 N–H and O–H groups in total. The molecule has 0 saturated heterocycles. The van der Waals surface area contributed by atoms with Crippen molar-refractivity contribution in [2.45, 2.75) is 13.5 Å². The summed E-state index contributed by atoms with van der Waals surface area (Å²) in [5.74, 6) is 4.16. The molecule has 22 heavy (non-hydrogen) atoms. The fourth-order valence-electron chi connectivity index (χ4n) is 2.46. The lowest BCUT2D eigenvalue weighted by Crippen LogP contribution is -2.30. The third kappa shape index (κ3) is 2.08. The summed E-state index contributed by atoms with van der Waals surface area (Å²) in [7, 11) is 0. The first kappa shape index (κ1) is 14.0. The second-order valence-corrected chi connectivity index (χ2v) is 4.94. The Morgan fingerprint density at radius 2 is 1.82 bits per heavy atom. The molecule has 1 aliphatic rings. The van der Waals surface area contributed by atoms with Crippen LogP contribution >= 0.6 is 0 Å². The lowest BCUT2D eigenvalue weighted by molar-refractivity contribution is 0.0631. The lowest BCUT2D eigenvalue weighted by atomic mass is 10.1. The molecule has 1 aromatic carbocycles. The van der Waals surface area contributed by atoms with Crippen LogP contribution in [-0.4, -0.2) is 22.6 Å². The number of nitrogens with zero attached hydrogens (tertiary/aromatic N) is 1. The number of nitrogen functional groups attached to an aromatic ring is 1. The van der Waals surface area contributed by atoms with E-state index in [1.165, 1.54) is 0 Å². The number of hydrogen-bond acceptors (Lipinski definition) is 5. The van der Waals surface area contributed by atoms with Gasteiger partial charge in [-0.25, -0.2) is 5.84 Å². The zero-order valence-electron chi connectivity index (χ0n) is 11.8. The summed E-state index contributed by atoms with van der Waals surface area (Å²) in [5, 5.41) is 0. The van der Waals surface area contributed by atoms with Crippen LogP contribution in [0.1, 0.15) is 42.6 Å². The maximum atomic E-state index is 12.3. The SMILES string of the molecule is Cc1cc(CN2C(=O)c3ccccc3C2=O)oc1C(=O)NN. The van der Waals surface area contributed by atoms with Crippen molar-refractivity contribution < 1.29 is 18.8 Å². The molecule has 0 saturated carbocycles. The Bertz CT molecular complexity index is 759. The van der Waals surface area contributed by atoms with E-state index in [0.717, 1.165) is 4.90 Å². The molecule has 3 rings (SSSR count). The predicted octanol–water partition coefficient (Wildman–Crippen LogP) is 0.988. The van der Waals surface area contributed by atoms with Crippen LogP contribution in [0.15, 0.2) is 34.7 Å². The van der Waals surface area contributed by atoms with Crippen LogP contribution in [0, 0.1) is 6.92 Å². The molecule has 2 heterocycles. The number of nitrogens with one attached hydrogen (secondary N) is 1. The van der Waals surface area contributed by atoms with E-state index in [4.69, 9.17) is 10.3 Å². The van der Waals surface area contributed by atoms with Crippen molar-refractivity contribution in [1.82, 2.24) is 10.3 Å². The first-order valence-electron chi connectivity index (χ1n) is 6.58. The highest BCUT2D eigenvalue weighted by atomic mass is 16.4. The van der Waals surface area contributed by atoms with Gasteiger partial charge in [-0.2, -0.15) is 0 Å². The van der Waals surface area contributed by atoms with Gasteiger partial charge >= 0.3 is 5.91 Å². The number of hydrogen-bond donors (Lipinski definition) is 2. The maximum Gasteiger partial charge on any atom is 0.301 e. The van der Waals surface area contributed by atoms with Crippen LogP contribution in [0.2, 0.25) is 0 Å². The van der Waals surface area contributed by atoms with Crippen molar-refractivity contribution in [2.75, 3.05) is 0 Å². The number of rotatable bonds is 3. The van der Waals surface area contributed by atoms with Gasteiger partial charge in [-0.3, -0.25) is 24.7 Å². The molecule has 1 aromatic heterocycles. The van der Waals surface area contributed by atoms with Gasteiger partial charge in [0.15, 0.2) is 5.76 Å². The Labute approximate surface area is 125 Å². The van der Waals surface area contributed by atoms with E-state index in [1.807, 2.05) is 5.43 Å². The summed E-state index contributed by atoms with van der Waals surface area (Å²) in [6.07, 6.45) is 0. The molecule has 7 heteroatoms. The van der Waals surface area contributed by atoms with Crippen molar-refractivity contribution >= 4 is 17.7 Å². The first-order chi connectivity index (χ1) is 10.5. The number of imide groups is 1. The average Bonchev–Trinajstić information content (AvgIpc) is 3.01. The van der Waals surface area contributed by atoms with E-state index in [1.54, 1.807) is 37.3 Å². The van der Waals surface area contributed by atoms with Crippen LogP contribution in [0.4, 0.5) is 0 Å². The number of amides is 3. The smallest absolute Gasteiger partial charge is 0.301 e. The number of hydrazine groups is 1. The van der Waals surface area contributed by atoms with E-state index < -0.39 is 5.91 Å². The van der Waals surface area contributed by atoms with Crippen molar-refractivity contribution in [2.24, 2.45) is 5.84 Å². The Kier molecular flexibility index (Phi) is 3.26. The van der Waals surface area contributed by atoms with E-state index in [-0.39, 0.29) is 24.1 Å². The second-order valence-electron chi connectivity index (χ2n) is 4.94. The largest absolute Gasteiger partial charge is 0.454 e. The van der Waals surface area contributed by atoms with Gasteiger partial charge in [-0.1, -0.05) is 12.1 Å². The van der Waals surface area contributed by atoms with Gasteiger partial charge in [0.1, 0.15) is 5.76 Å². The molecular formula is C15H13N3O4. The van der Waals surface area contributed by atoms with Gasteiger partial charge in [0.05, 0.1) is 17.7 Å². The third-order valence-corrected chi connectivity index (χ3v) is 3.50. The fraction of sp³-hybridized carbons (Fsp3) is 0.133. The Morgan fingerprint density at radius 3 is 2.36 bits per heavy atom. The number of carbonyl (C=O) groups is 3. The summed E-state index contributed by atoms with van der Waals surface area (Å²) in [5.41, 5.74) is 3.30. The highest BCUT2D eigenvalue weighted by Gasteiger charge is 2.35. The van der Waals surface area contributed by atoms with E-state index in [2.05, 4.69) is 0 Å². The summed E-state index contributed by atoms with van der Waals surface area (Å²) in [6, 6.07) is 8.23. The molecule has 0 spiro atoms. The highest BCUT2D eigenvalue weighted by Crippen LogP contribution is 2.25. The minimum absolute atomic E-state index is 0.0367. The summed E-state index contributed by atoms with van der Waals surface area (Å²) >= 11 is 0. The van der Waals surface area contributed by atoms with Crippen molar-refractivity contribution in [3.05, 3.63) is 58.5 Å². The van der Waals surface area contributed by atoms with Crippen LogP contribution in [0.25, 0.3) is 0 Å². The van der Waals surface area contributed by atoms with Gasteiger partial charge in [-0.15, -0.1) is 0 Å². The molecule has 7 nitrogen and oxygen atoms in total. The Hall–Kier alpha value is -2.93. The molecule has 0 bridgehead atoms. The standard InChI is InChI=1S/C15H13N3O4/c1-8-6-9(22-12(8)13(19)17-16)7-18-14(20)10-4-2-3-5-11(10)15(18)21/h2-6H,7,16H2,1H3,(H,17,19). The zero-order chi connectivity index (χ0) is 15.9. The molecule has 0 aliphatic carbocycles. The van der Waals surface area contributed by atoms with Crippen LogP contribution in [-0.2, 0) is 6.54 Å². The van der Waals surface area contributed by atoms with Crippen LogP contribution in [0.3, 0.4) is 0 Å². The number of benzene rings is 1. The summed E-state index contributed by atoms with van der Waals surface area (Å²) in [4.78, 5) is 37.1. The molecule has 0 radical (unpaired) electrons. The first-order valence-corrected chi connectivity index (χ1v) is 6.58. The molecule has 0 atom stereocenters. The Balaban J connectivity index is 1.88. The van der Waals surface area contributed by atoms with Gasteiger partial charge in [0.25, 0.3) is 11.8 Å².